The highest BCUT2D eigenvalue weighted by Gasteiger charge is 2.26. The topological polar surface area (TPSA) is 3.24 Å². The molecule has 1 rings (SSSR count). The SMILES string of the molecule is CN1C=CSC1(C)I. The van der Waals surface area contributed by atoms with Crippen molar-refractivity contribution in [1.82, 2.24) is 4.90 Å². The fourth-order valence-corrected chi connectivity index (χ4v) is 1.78. The number of alkyl halides is 1. The zero-order valence-corrected chi connectivity index (χ0v) is 7.86. The van der Waals surface area contributed by atoms with E-state index in [0.29, 0.717) is 0 Å². The number of nitrogens with zero attached hydrogens (tertiary/aromatic N) is 1. The van der Waals surface area contributed by atoms with Gasteiger partial charge in [-0.25, -0.2) is 0 Å². The zero-order valence-electron chi connectivity index (χ0n) is 4.89. The largest absolute Gasteiger partial charge is 0.357 e. The van der Waals surface area contributed by atoms with Gasteiger partial charge in [-0.3, -0.25) is 0 Å². The Morgan fingerprint density at radius 1 is 1.75 bits per heavy atom. The Balaban J connectivity index is 2.64. The quantitative estimate of drug-likeness (QED) is 0.363. The maximum atomic E-state index is 2.42. The van der Waals surface area contributed by atoms with Gasteiger partial charge in [0.15, 0.2) is 0 Å². The average molecular weight is 241 g/mol. The fraction of sp³-hybridized carbons (Fsp3) is 0.600. The van der Waals surface area contributed by atoms with Gasteiger partial charge in [-0.1, -0.05) is 11.8 Å². The molecule has 8 heavy (non-hydrogen) atoms. The number of hydrogen-bond acceptors (Lipinski definition) is 2. The van der Waals surface area contributed by atoms with E-state index in [1.54, 1.807) is 0 Å². The Labute approximate surface area is 67.6 Å². The summed E-state index contributed by atoms with van der Waals surface area (Å²) in [5, 5.41) is 2.12. The molecule has 0 aromatic rings. The summed E-state index contributed by atoms with van der Waals surface area (Å²) in [4.78, 5) is 2.19. The summed E-state index contributed by atoms with van der Waals surface area (Å²) in [6.45, 7) is 2.19. The molecule has 0 aliphatic carbocycles. The van der Waals surface area contributed by atoms with Crippen molar-refractivity contribution in [3.05, 3.63) is 11.6 Å². The maximum absolute atomic E-state index is 2.42. The normalized spacial score (nSPS) is 36.6. The summed E-state index contributed by atoms with van der Waals surface area (Å²) in [6.07, 6.45) is 2.09. The van der Waals surface area contributed by atoms with Gasteiger partial charge in [0, 0.05) is 13.2 Å². The van der Waals surface area contributed by atoms with Crippen LogP contribution in [0, 0.1) is 0 Å². The summed E-state index contributed by atoms with van der Waals surface area (Å²) < 4.78 is 0.262. The first-order chi connectivity index (χ1) is 3.63. The first kappa shape index (κ1) is 6.74. The van der Waals surface area contributed by atoms with Crippen molar-refractivity contribution in [2.75, 3.05) is 7.05 Å². The molecule has 1 unspecified atom stereocenters. The summed E-state index contributed by atoms with van der Waals surface area (Å²) in [5.41, 5.74) is 0. The highest BCUT2D eigenvalue weighted by Crippen LogP contribution is 2.40. The van der Waals surface area contributed by atoms with E-state index in [9.17, 15) is 0 Å². The molecule has 1 aliphatic rings. The van der Waals surface area contributed by atoms with Crippen LogP contribution in [0.25, 0.3) is 0 Å². The van der Waals surface area contributed by atoms with Crippen molar-refractivity contribution in [3.8, 4) is 0 Å². The summed E-state index contributed by atoms with van der Waals surface area (Å²) in [6, 6.07) is 0. The lowest BCUT2D eigenvalue weighted by molar-refractivity contribution is 0.444. The molecule has 0 radical (unpaired) electrons. The molecule has 0 saturated heterocycles. The van der Waals surface area contributed by atoms with Gasteiger partial charge in [0.1, 0.15) is 2.88 Å². The molecule has 0 aromatic carbocycles. The number of halogens is 1. The van der Waals surface area contributed by atoms with Crippen molar-refractivity contribution in [2.45, 2.75) is 9.80 Å². The minimum Gasteiger partial charge on any atom is -0.357 e. The number of thioether (sulfide) groups is 1. The van der Waals surface area contributed by atoms with E-state index >= 15 is 0 Å². The second-order valence-corrected chi connectivity index (χ2v) is 6.02. The third-order valence-electron chi connectivity index (χ3n) is 1.20. The number of hydrogen-bond donors (Lipinski definition) is 0. The fourth-order valence-electron chi connectivity index (χ4n) is 0.462. The van der Waals surface area contributed by atoms with E-state index < -0.39 is 0 Å². The molecule has 0 saturated carbocycles. The van der Waals surface area contributed by atoms with Gasteiger partial charge in [0.25, 0.3) is 0 Å². The molecule has 1 atom stereocenters. The Morgan fingerprint density at radius 2 is 2.38 bits per heavy atom. The third-order valence-corrected chi connectivity index (χ3v) is 3.70. The van der Waals surface area contributed by atoms with Crippen LogP contribution < -0.4 is 0 Å². The minimum absolute atomic E-state index is 0.262. The van der Waals surface area contributed by atoms with Crippen molar-refractivity contribution in [2.24, 2.45) is 0 Å². The van der Waals surface area contributed by atoms with Gasteiger partial charge in [0.05, 0.1) is 0 Å². The van der Waals surface area contributed by atoms with Crippen molar-refractivity contribution >= 4 is 34.4 Å². The van der Waals surface area contributed by atoms with Crippen LogP contribution in [0.5, 0.6) is 0 Å². The predicted molar refractivity (Wildman–Crippen MR) is 46.9 cm³/mol. The molecule has 46 valence electrons. The molecular formula is C5H8INS. The van der Waals surface area contributed by atoms with E-state index in [-0.39, 0.29) is 2.88 Å². The summed E-state index contributed by atoms with van der Waals surface area (Å²) in [5.74, 6) is 0. The van der Waals surface area contributed by atoms with Crippen LogP contribution in [-0.4, -0.2) is 14.8 Å². The minimum atomic E-state index is 0.262. The van der Waals surface area contributed by atoms with Crippen molar-refractivity contribution in [3.63, 3.8) is 0 Å². The molecule has 0 N–H and O–H groups in total. The van der Waals surface area contributed by atoms with Crippen LogP contribution in [0.1, 0.15) is 6.92 Å². The average Bonchev–Trinajstić information content (AvgIpc) is 1.86. The van der Waals surface area contributed by atoms with Crippen LogP contribution in [0.4, 0.5) is 0 Å². The van der Waals surface area contributed by atoms with Gasteiger partial charge < -0.3 is 4.90 Å². The monoisotopic (exact) mass is 241 g/mol. The van der Waals surface area contributed by atoms with E-state index in [1.807, 2.05) is 11.8 Å². The van der Waals surface area contributed by atoms with E-state index in [4.69, 9.17) is 0 Å². The summed E-state index contributed by atoms with van der Waals surface area (Å²) in [7, 11) is 2.09. The lowest BCUT2D eigenvalue weighted by Gasteiger charge is -2.24. The standard InChI is InChI=1S/C5H8INS/c1-5(6)7(2)3-4-8-5/h3-4H,1-2H3. The molecule has 1 aliphatic heterocycles. The van der Waals surface area contributed by atoms with Crippen LogP contribution in [0.2, 0.25) is 0 Å². The van der Waals surface area contributed by atoms with E-state index in [2.05, 4.69) is 53.1 Å². The molecule has 0 fully saturated rings. The number of rotatable bonds is 0. The van der Waals surface area contributed by atoms with Gasteiger partial charge in [-0.15, -0.1) is 0 Å². The van der Waals surface area contributed by atoms with Crippen LogP contribution in [0.15, 0.2) is 11.6 Å². The Bertz CT molecular complexity index is 122. The highest BCUT2D eigenvalue weighted by atomic mass is 127. The Kier molecular flexibility index (Phi) is 1.77. The highest BCUT2D eigenvalue weighted by molar-refractivity contribution is 14.1. The second-order valence-electron chi connectivity index (χ2n) is 1.88. The van der Waals surface area contributed by atoms with Gasteiger partial charge in [-0.05, 0) is 34.9 Å². The maximum Gasteiger partial charge on any atom is 0.138 e. The molecule has 3 heteroatoms. The van der Waals surface area contributed by atoms with E-state index in [1.165, 1.54) is 0 Å². The van der Waals surface area contributed by atoms with Crippen molar-refractivity contribution in [1.29, 1.82) is 0 Å². The first-order valence-corrected chi connectivity index (χ1v) is 4.35. The first-order valence-electron chi connectivity index (χ1n) is 2.39. The molecule has 1 heterocycles. The van der Waals surface area contributed by atoms with Crippen LogP contribution in [-0.2, 0) is 0 Å². The lowest BCUT2D eigenvalue weighted by atomic mass is 10.6. The smallest absolute Gasteiger partial charge is 0.138 e. The van der Waals surface area contributed by atoms with E-state index in [0.717, 1.165) is 0 Å². The molecule has 0 bridgehead atoms. The van der Waals surface area contributed by atoms with Gasteiger partial charge >= 0.3 is 0 Å². The lowest BCUT2D eigenvalue weighted by Crippen LogP contribution is -2.25. The molecular weight excluding hydrogens is 233 g/mol. The Morgan fingerprint density at radius 3 is 2.50 bits per heavy atom. The second kappa shape index (κ2) is 2.10. The van der Waals surface area contributed by atoms with Crippen molar-refractivity contribution < 1.29 is 0 Å². The van der Waals surface area contributed by atoms with Crippen LogP contribution in [0.3, 0.4) is 0 Å². The zero-order chi connectivity index (χ0) is 6.20. The summed E-state index contributed by atoms with van der Waals surface area (Å²) >= 11 is 4.26. The third kappa shape index (κ3) is 1.13. The molecule has 0 aromatic heterocycles. The molecule has 1 nitrogen and oxygen atoms in total. The Hall–Kier alpha value is 0.620. The predicted octanol–water partition coefficient (Wildman–Crippen LogP) is 2.24. The molecule has 0 spiro atoms. The van der Waals surface area contributed by atoms with Crippen LogP contribution >= 0.6 is 34.4 Å². The van der Waals surface area contributed by atoms with Gasteiger partial charge in [0.2, 0.25) is 0 Å². The molecule has 0 amide bonds. The van der Waals surface area contributed by atoms with Gasteiger partial charge in [-0.2, -0.15) is 0 Å².